The molecule has 2 N–H and O–H groups in total. The molecule has 0 aliphatic heterocycles. The van der Waals surface area contributed by atoms with Crippen molar-refractivity contribution in [2.75, 3.05) is 17.2 Å². The normalized spacial score (nSPS) is 10.7. The molecule has 5 heteroatoms. The predicted octanol–water partition coefficient (Wildman–Crippen LogP) is 3.78. The van der Waals surface area contributed by atoms with Crippen LogP contribution in [-0.4, -0.2) is 16.5 Å². The summed E-state index contributed by atoms with van der Waals surface area (Å²) in [5.41, 5.74) is 2.08. The van der Waals surface area contributed by atoms with Crippen LogP contribution in [0.3, 0.4) is 0 Å². The van der Waals surface area contributed by atoms with E-state index in [2.05, 4.69) is 34.4 Å². The van der Waals surface area contributed by atoms with Crippen molar-refractivity contribution in [1.82, 2.24) is 9.97 Å². The second kappa shape index (κ2) is 7.02. The summed E-state index contributed by atoms with van der Waals surface area (Å²) in [6, 6.07) is 6.46. The number of rotatable bonds is 6. The third kappa shape index (κ3) is 3.90. The summed E-state index contributed by atoms with van der Waals surface area (Å²) in [5, 5.41) is 6.58. The van der Waals surface area contributed by atoms with E-state index in [1.807, 2.05) is 6.92 Å². The molecule has 0 radical (unpaired) electrons. The van der Waals surface area contributed by atoms with Crippen LogP contribution >= 0.6 is 0 Å². The fraction of sp³-hybridized carbons (Fsp3) is 0.375. The van der Waals surface area contributed by atoms with E-state index in [4.69, 9.17) is 0 Å². The first-order valence-electron chi connectivity index (χ1n) is 7.19. The fourth-order valence-corrected chi connectivity index (χ4v) is 2.18. The summed E-state index contributed by atoms with van der Waals surface area (Å²) in [6.45, 7) is 7.68. The minimum absolute atomic E-state index is 0.224. The maximum absolute atomic E-state index is 12.9. The maximum Gasteiger partial charge on any atom is 0.135 e. The van der Waals surface area contributed by atoms with Crippen LogP contribution in [0.2, 0.25) is 0 Å². The summed E-state index contributed by atoms with van der Waals surface area (Å²) < 4.78 is 12.9. The molecule has 0 bridgehead atoms. The molecule has 0 aliphatic carbocycles. The quantitative estimate of drug-likeness (QED) is 0.849. The van der Waals surface area contributed by atoms with Gasteiger partial charge in [-0.15, -0.1) is 0 Å². The number of benzene rings is 1. The van der Waals surface area contributed by atoms with E-state index >= 15 is 0 Å². The topological polar surface area (TPSA) is 49.8 Å². The standard InChI is InChI=1S/C16H21FN4/c1-4-18-15-14(11(2)3)16(21-10-20-15)19-9-12-5-7-13(17)8-6-12/h5-8,10-11H,4,9H2,1-3H3,(H2,18,19,20,21). The monoisotopic (exact) mass is 288 g/mol. The lowest BCUT2D eigenvalue weighted by Gasteiger charge is -2.17. The molecule has 2 aromatic rings. The highest BCUT2D eigenvalue weighted by Gasteiger charge is 2.14. The summed E-state index contributed by atoms with van der Waals surface area (Å²) in [5.74, 6) is 1.76. The number of aromatic nitrogens is 2. The molecule has 4 nitrogen and oxygen atoms in total. The molecule has 0 saturated heterocycles. The zero-order valence-corrected chi connectivity index (χ0v) is 12.7. The number of hydrogen-bond donors (Lipinski definition) is 2. The Kier molecular flexibility index (Phi) is 5.09. The zero-order chi connectivity index (χ0) is 15.2. The summed E-state index contributed by atoms with van der Waals surface area (Å²) in [7, 11) is 0. The van der Waals surface area contributed by atoms with Gasteiger partial charge in [-0.05, 0) is 30.5 Å². The smallest absolute Gasteiger partial charge is 0.135 e. The maximum atomic E-state index is 12.9. The highest BCUT2D eigenvalue weighted by molar-refractivity contribution is 5.59. The first-order chi connectivity index (χ1) is 10.1. The molecule has 1 heterocycles. The SMILES string of the molecule is CCNc1ncnc(NCc2ccc(F)cc2)c1C(C)C. The van der Waals surface area contributed by atoms with Crippen molar-refractivity contribution < 1.29 is 4.39 Å². The number of anilines is 2. The van der Waals surface area contributed by atoms with Gasteiger partial charge in [-0.2, -0.15) is 0 Å². The Bertz CT molecular complexity index is 581. The largest absolute Gasteiger partial charge is 0.370 e. The second-order valence-electron chi connectivity index (χ2n) is 5.15. The molecule has 0 saturated carbocycles. The molecule has 0 aliphatic rings. The number of hydrogen-bond acceptors (Lipinski definition) is 4. The zero-order valence-electron chi connectivity index (χ0n) is 12.7. The second-order valence-corrected chi connectivity index (χ2v) is 5.15. The van der Waals surface area contributed by atoms with Crippen LogP contribution in [-0.2, 0) is 6.54 Å². The Labute approximate surface area is 124 Å². The number of halogens is 1. The van der Waals surface area contributed by atoms with Crippen LogP contribution in [0, 0.1) is 5.82 Å². The Morgan fingerprint density at radius 1 is 1.05 bits per heavy atom. The van der Waals surface area contributed by atoms with Gasteiger partial charge in [-0.25, -0.2) is 14.4 Å². The molecule has 0 amide bonds. The molecule has 1 aromatic carbocycles. The van der Waals surface area contributed by atoms with Crippen molar-refractivity contribution in [1.29, 1.82) is 0 Å². The molecule has 0 atom stereocenters. The minimum atomic E-state index is -0.224. The van der Waals surface area contributed by atoms with Crippen LogP contribution in [0.4, 0.5) is 16.0 Å². The van der Waals surface area contributed by atoms with Crippen molar-refractivity contribution in [2.45, 2.75) is 33.2 Å². The Hall–Kier alpha value is -2.17. The van der Waals surface area contributed by atoms with Gasteiger partial charge in [0, 0.05) is 18.7 Å². The van der Waals surface area contributed by atoms with Crippen LogP contribution in [0.1, 0.15) is 37.8 Å². The van der Waals surface area contributed by atoms with Gasteiger partial charge in [0.1, 0.15) is 23.8 Å². The summed E-state index contributed by atoms with van der Waals surface area (Å²) in [4.78, 5) is 8.64. The average molecular weight is 288 g/mol. The van der Waals surface area contributed by atoms with E-state index in [0.29, 0.717) is 12.5 Å². The molecule has 2 rings (SSSR count). The lowest BCUT2D eigenvalue weighted by Crippen LogP contribution is -2.11. The van der Waals surface area contributed by atoms with Crippen molar-refractivity contribution in [2.24, 2.45) is 0 Å². The first-order valence-corrected chi connectivity index (χ1v) is 7.19. The molecule has 21 heavy (non-hydrogen) atoms. The van der Waals surface area contributed by atoms with Crippen molar-refractivity contribution in [3.05, 3.63) is 47.5 Å². The predicted molar refractivity (Wildman–Crippen MR) is 84.0 cm³/mol. The van der Waals surface area contributed by atoms with Crippen LogP contribution in [0.25, 0.3) is 0 Å². The van der Waals surface area contributed by atoms with Gasteiger partial charge in [0.15, 0.2) is 0 Å². The molecule has 0 fully saturated rings. The Morgan fingerprint density at radius 3 is 2.24 bits per heavy atom. The average Bonchev–Trinajstić information content (AvgIpc) is 2.47. The first kappa shape index (κ1) is 15.2. The Balaban J connectivity index is 2.19. The highest BCUT2D eigenvalue weighted by atomic mass is 19.1. The van der Waals surface area contributed by atoms with Gasteiger partial charge in [0.05, 0.1) is 0 Å². The summed E-state index contributed by atoms with van der Waals surface area (Å²) >= 11 is 0. The molecule has 112 valence electrons. The van der Waals surface area contributed by atoms with Gasteiger partial charge in [-0.1, -0.05) is 26.0 Å². The lowest BCUT2D eigenvalue weighted by atomic mass is 10.0. The van der Waals surface area contributed by atoms with Crippen LogP contribution in [0.5, 0.6) is 0 Å². The van der Waals surface area contributed by atoms with E-state index in [-0.39, 0.29) is 5.82 Å². The van der Waals surface area contributed by atoms with Crippen LogP contribution < -0.4 is 10.6 Å². The van der Waals surface area contributed by atoms with Gasteiger partial charge < -0.3 is 10.6 Å². The molecular weight excluding hydrogens is 267 g/mol. The van der Waals surface area contributed by atoms with Crippen LogP contribution in [0.15, 0.2) is 30.6 Å². The lowest BCUT2D eigenvalue weighted by molar-refractivity contribution is 0.627. The third-order valence-corrected chi connectivity index (χ3v) is 3.18. The van der Waals surface area contributed by atoms with Crippen molar-refractivity contribution in [3.63, 3.8) is 0 Å². The Morgan fingerprint density at radius 2 is 1.67 bits per heavy atom. The summed E-state index contributed by atoms with van der Waals surface area (Å²) in [6.07, 6.45) is 1.55. The van der Waals surface area contributed by atoms with Gasteiger partial charge in [-0.3, -0.25) is 0 Å². The van der Waals surface area contributed by atoms with E-state index in [1.54, 1.807) is 18.5 Å². The number of nitrogens with one attached hydrogen (secondary N) is 2. The van der Waals surface area contributed by atoms with Gasteiger partial charge in [0.2, 0.25) is 0 Å². The van der Waals surface area contributed by atoms with Crippen molar-refractivity contribution in [3.8, 4) is 0 Å². The van der Waals surface area contributed by atoms with E-state index in [0.717, 1.165) is 29.3 Å². The minimum Gasteiger partial charge on any atom is -0.370 e. The number of nitrogens with zero attached hydrogens (tertiary/aromatic N) is 2. The van der Waals surface area contributed by atoms with Crippen molar-refractivity contribution >= 4 is 11.6 Å². The highest BCUT2D eigenvalue weighted by Crippen LogP contribution is 2.28. The van der Waals surface area contributed by atoms with E-state index < -0.39 is 0 Å². The molecule has 1 aromatic heterocycles. The van der Waals surface area contributed by atoms with Gasteiger partial charge >= 0.3 is 0 Å². The van der Waals surface area contributed by atoms with Gasteiger partial charge in [0.25, 0.3) is 0 Å². The third-order valence-electron chi connectivity index (χ3n) is 3.18. The fourth-order valence-electron chi connectivity index (χ4n) is 2.18. The van der Waals surface area contributed by atoms with E-state index in [1.165, 1.54) is 12.1 Å². The molecule has 0 spiro atoms. The van der Waals surface area contributed by atoms with E-state index in [9.17, 15) is 4.39 Å². The molecule has 0 unspecified atom stereocenters. The molecular formula is C16H21FN4.